The van der Waals surface area contributed by atoms with Gasteiger partial charge in [-0.25, -0.2) is 4.39 Å². The molecule has 2 unspecified atom stereocenters. The van der Waals surface area contributed by atoms with Crippen molar-refractivity contribution in [3.05, 3.63) is 53.7 Å². The van der Waals surface area contributed by atoms with Crippen molar-refractivity contribution in [3.8, 4) is 5.75 Å². The molecule has 37 heavy (non-hydrogen) atoms. The standard InChI is InChI=1S/C26H31F4N3O4/c27-19-1-2-22-20(13-19)21(31-24(35)26(28,29)30)14-25(37-22)6-10-33(11-7-25)23(34)18-3-8-32(9-4-18)15-17-5-12-36-16-17/h1-2,5,12-13,16,18,21,24,31,35H,3-4,6-11,14-15H2. The van der Waals surface area contributed by atoms with E-state index in [9.17, 15) is 27.5 Å². The lowest BCUT2D eigenvalue weighted by molar-refractivity contribution is -0.217. The predicted octanol–water partition coefficient (Wildman–Crippen LogP) is 3.99. The van der Waals surface area contributed by atoms with E-state index < -0.39 is 29.9 Å². The van der Waals surface area contributed by atoms with E-state index in [0.29, 0.717) is 31.7 Å². The number of alkyl halides is 3. The number of carbonyl (C=O) groups excluding carboxylic acids is 1. The van der Waals surface area contributed by atoms with Gasteiger partial charge in [-0.1, -0.05) is 0 Å². The van der Waals surface area contributed by atoms with Gasteiger partial charge in [0.25, 0.3) is 0 Å². The second-order valence-corrected chi connectivity index (χ2v) is 10.3. The highest BCUT2D eigenvalue weighted by molar-refractivity contribution is 5.79. The molecule has 5 rings (SSSR count). The van der Waals surface area contributed by atoms with Gasteiger partial charge in [-0.3, -0.25) is 15.0 Å². The van der Waals surface area contributed by atoms with E-state index in [1.54, 1.807) is 12.5 Å². The molecule has 0 bridgehead atoms. The molecule has 2 atom stereocenters. The summed E-state index contributed by atoms with van der Waals surface area (Å²) in [6.07, 6.45) is -1.67. The average Bonchev–Trinajstić information content (AvgIpc) is 3.37. The molecule has 2 fully saturated rings. The van der Waals surface area contributed by atoms with Crippen LogP contribution in [-0.2, 0) is 11.3 Å². The van der Waals surface area contributed by atoms with Crippen LogP contribution in [0.3, 0.4) is 0 Å². The average molecular weight is 526 g/mol. The van der Waals surface area contributed by atoms with Gasteiger partial charge in [0.1, 0.15) is 17.2 Å². The minimum Gasteiger partial charge on any atom is -0.487 e. The van der Waals surface area contributed by atoms with Crippen LogP contribution in [0.2, 0.25) is 0 Å². The molecule has 0 radical (unpaired) electrons. The maximum Gasteiger partial charge on any atom is 0.427 e. The van der Waals surface area contributed by atoms with Crippen LogP contribution in [0.15, 0.2) is 41.2 Å². The number of nitrogens with one attached hydrogen (secondary N) is 1. The largest absolute Gasteiger partial charge is 0.487 e. The Morgan fingerprint density at radius 2 is 1.89 bits per heavy atom. The molecule has 1 aromatic carbocycles. The van der Waals surface area contributed by atoms with Crippen LogP contribution in [-0.4, -0.2) is 65.0 Å². The van der Waals surface area contributed by atoms with Crippen molar-refractivity contribution in [1.82, 2.24) is 15.1 Å². The van der Waals surface area contributed by atoms with Crippen molar-refractivity contribution in [1.29, 1.82) is 0 Å². The fourth-order valence-corrected chi connectivity index (χ4v) is 5.75. The molecule has 1 amide bonds. The number of likely N-dealkylation sites (tertiary alicyclic amines) is 2. The minimum atomic E-state index is -4.86. The molecule has 4 heterocycles. The smallest absolute Gasteiger partial charge is 0.427 e. The Labute approximate surface area is 212 Å². The first-order chi connectivity index (χ1) is 17.6. The van der Waals surface area contributed by atoms with Crippen molar-refractivity contribution in [3.63, 3.8) is 0 Å². The third-order valence-corrected chi connectivity index (χ3v) is 7.83. The zero-order valence-corrected chi connectivity index (χ0v) is 20.3. The summed E-state index contributed by atoms with van der Waals surface area (Å²) < 4.78 is 64.4. The lowest BCUT2D eigenvalue weighted by Crippen LogP contribution is -2.55. The number of hydrogen-bond donors (Lipinski definition) is 2. The number of ether oxygens (including phenoxy) is 1. The van der Waals surface area contributed by atoms with Crippen LogP contribution < -0.4 is 10.1 Å². The quantitative estimate of drug-likeness (QED) is 0.454. The maximum atomic E-state index is 13.9. The third kappa shape index (κ3) is 5.78. The van der Waals surface area contributed by atoms with Gasteiger partial charge in [-0.2, -0.15) is 13.2 Å². The number of halogens is 4. The zero-order valence-electron chi connectivity index (χ0n) is 20.3. The third-order valence-electron chi connectivity index (χ3n) is 7.83. The summed E-state index contributed by atoms with van der Waals surface area (Å²) in [4.78, 5) is 17.4. The molecule has 202 valence electrons. The first kappa shape index (κ1) is 26.0. The second-order valence-electron chi connectivity index (χ2n) is 10.3. The molecule has 2 saturated heterocycles. The molecule has 3 aliphatic heterocycles. The number of amides is 1. The Kier molecular flexibility index (Phi) is 7.21. The lowest BCUT2D eigenvalue weighted by atomic mass is 9.80. The topological polar surface area (TPSA) is 78.2 Å². The number of aliphatic hydroxyl groups is 1. The Hall–Kier alpha value is -2.63. The number of hydrogen-bond acceptors (Lipinski definition) is 6. The monoisotopic (exact) mass is 525 g/mol. The van der Waals surface area contributed by atoms with E-state index in [-0.39, 0.29) is 23.8 Å². The fourth-order valence-electron chi connectivity index (χ4n) is 5.75. The second kappa shape index (κ2) is 10.3. The van der Waals surface area contributed by atoms with Crippen molar-refractivity contribution >= 4 is 5.91 Å². The number of benzene rings is 1. The summed E-state index contributed by atoms with van der Waals surface area (Å²) in [5.41, 5.74) is 0.548. The van der Waals surface area contributed by atoms with Crippen molar-refractivity contribution in [2.24, 2.45) is 5.92 Å². The Bertz CT molecular complexity index is 1080. The number of aliphatic hydroxyl groups excluding tert-OH is 1. The number of piperidine rings is 2. The molecule has 3 aliphatic rings. The molecule has 1 spiro atoms. The summed E-state index contributed by atoms with van der Waals surface area (Å²) in [5.74, 6) is -0.243. The van der Waals surface area contributed by atoms with Crippen molar-refractivity contribution in [2.45, 2.75) is 62.7 Å². The summed E-state index contributed by atoms with van der Waals surface area (Å²) in [7, 11) is 0. The van der Waals surface area contributed by atoms with E-state index in [2.05, 4.69) is 10.2 Å². The van der Waals surface area contributed by atoms with Crippen LogP contribution >= 0.6 is 0 Å². The van der Waals surface area contributed by atoms with Gasteiger partial charge in [0, 0.05) is 62.0 Å². The Balaban J connectivity index is 1.20. The van der Waals surface area contributed by atoms with Crippen LogP contribution in [0.1, 0.15) is 49.3 Å². The molecule has 1 aromatic heterocycles. The molecule has 0 saturated carbocycles. The van der Waals surface area contributed by atoms with Crippen LogP contribution in [0.25, 0.3) is 0 Å². The zero-order chi connectivity index (χ0) is 26.2. The molecular formula is C26H31F4N3O4. The molecule has 2 aromatic rings. The summed E-state index contributed by atoms with van der Waals surface area (Å²) in [6, 6.07) is 4.74. The SMILES string of the molecule is O=C(C1CCN(Cc2ccoc2)CC1)N1CCC2(CC1)CC(NC(O)C(F)(F)F)c1cc(F)ccc1O2. The van der Waals surface area contributed by atoms with Gasteiger partial charge in [-0.15, -0.1) is 0 Å². The minimum absolute atomic E-state index is 0.0537. The van der Waals surface area contributed by atoms with E-state index in [0.717, 1.165) is 44.1 Å². The first-order valence-electron chi connectivity index (χ1n) is 12.6. The number of rotatable bonds is 5. The number of furan rings is 1. The maximum absolute atomic E-state index is 13.9. The van der Waals surface area contributed by atoms with E-state index in [4.69, 9.17) is 9.15 Å². The van der Waals surface area contributed by atoms with Crippen LogP contribution in [0.4, 0.5) is 17.6 Å². The molecular weight excluding hydrogens is 494 g/mol. The first-order valence-corrected chi connectivity index (χ1v) is 12.6. The highest BCUT2D eigenvalue weighted by Gasteiger charge is 2.47. The summed E-state index contributed by atoms with van der Waals surface area (Å²) in [5, 5.41) is 11.8. The molecule has 11 heteroatoms. The van der Waals surface area contributed by atoms with Crippen molar-refractivity contribution < 1.29 is 36.6 Å². The van der Waals surface area contributed by atoms with Crippen LogP contribution in [0.5, 0.6) is 5.75 Å². The Morgan fingerprint density at radius 3 is 2.54 bits per heavy atom. The van der Waals surface area contributed by atoms with Crippen molar-refractivity contribution in [2.75, 3.05) is 26.2 Å². The van der Waals surface area contributed by atoms with Gasteiger partial charge >= 0.3 is 6.18 Å². The van der Waals surface area contributed by atoms with Gasteiger partial charge in [0.15, 0.2) is 0 Å². The Morgan fingerprint density at radius 1 is 1.16 bits per heavy atom. The summed E-state index contributed by atoms with van der Waals surface area (Å²) >= 11 is 0. The highest BCUT2D eigenvalue weighted by Crippen LogP contribution is 2.45. The molecule has 7 nitrogen and oxygen atoms in total. The van der Waals surface area contributed by atoms with Gasteiger partial charge < -0.3 is 19.2 Å². The van der Waals surface area contributed by atoms with Gasteiger partial charge in [0.05, 0.1) is 12.5 Å². The van der Waals surface area contributed by atoms with E-state index >= 15 is 0 Å². The summed E-state index contributed by atoms with van der Waals surface area (Å²) in [6.45, 7) is 3.30. The van der Waals surface area contributed by atoms with Crippen LogP contribution in [0, 0.1) is 11.7 Å². The van der Waals surface area contributed by atoms with Gasteiger partial charge in [-0.05, 0) is 50.2 Å². The van der Waals surface area contributed by atoms with E-state index in [1.165, 1.54) is 12.1 Å². The number of carbonyl (C=O) groups is 1. The predicted molar refractivity (Wildman–Crippen MR) is 125 cm³/mol. The highest BCUT2D eigenvalue weighted by atomic mass is 19.4. The lowest BCUT2D eigenvalue weighted by Gasteiger charge is -2.48. The van der Waals surface area contributed by atoms with Gasteiger partial charge in [0.2, 0.25) is 12.1 Å². The molecule has 2 N–H and O–H groups in total. The van der Waals surface area contributed by atoms with E-state index in [1.807, 2.05) is 11.0 Å². The number of nitrogens with zero attached hydrogens (tertiary/aromatic N) is 2. The molecule has 0 aliphatic carbocycles. The normalized spacial score (nSPS) is 23.5. The number of fused-ring (bicyclic) bond motifs is 1. The fraction of sp³-hybridized carbons (Fsp3) is 0.577.